The van der Waals surface area contributed by atoms with E-state index in [0.717, 1.165) is 7.11 Å². The summed E-state index contributed by atoms with van der Waals surface area (Å²) in [5.41, 5.74) is -0.281. The maximum absolute atomic E-state index is 11.3. The van der Waals surface area contributed by atoms with Crippen LogP contribution in [0.5, 0.6) is 0 Å². The monoisotopic (exact) mass is 220 g/mol. The van der Waals surface area contributed by atoms with Gasteiger partial charge >= 0.3 is 11.7 Å². The van der Waals surface area contributed by atoms with E-state index < -0.39 is 16.6 Å². The zero-order valence-corrected chi connectivity index (χ0v) is 8.68. The average molecular weight is 220 g/mol. The van der Waals surface area contributed by atoms with Crippen LogP contribution in [0.2, 0.25) is 0 Å². The molecule has 1 rings (SSSR count). The maximum atomic E-state index is 11.3. The lowest BCUT2D eigenvalue weighted by Gasteiger charge is -2.03. The molecule has 0 N–H and O–H groups in total. The van der Waals surface area contributed by atoms with Crippen LogP contribution in [0.3, 0.4) is 0 Å². The van der Waals surface area contributed by atoms with Crippen molar-refractivity contribution in [3.8, 4) is 6.07 Å². The van der Waals surface area contributed by atoms with Gasteiger partial charge in [-0.25, -0.2) is 4.79 Å². The number of carbonyl (C=O) groups excluding carboxylic acids is 1. The molecule has 0 aliphatic heterocycles. The van der Waals surface area contributed by atoms with Crippen molar-refractivity contribution in [2.24, 2.45) is 0 Å². The largest absolute Gasteiger partial charge is 0.465 e. The predicted octanol–water partition coefficient (Wildman–Crippen LogP) is 1.56. The number of nitriles is 1. The van der Waals surface area contributed by atoms with E-state index in [-0.39, 0.29) is 11.1 Å². The molecule has 0 aliphatic carbocycles. The van der Waals surface area contributed by atoms with Crippen molar-refractivity contribution in [1.29, 1.82) is 5.26 Å². The highest BCUT2D eigenvalue weighted by Crippen LogP contribution is 2.25. The van der Waals surface area contributed by atoms with Crippen LogP contribution in [-0.4, -0.2) is 18.0 Å². The van der Waals surface area contributed by atoms with Crippen molar-refractivity contribution in [2.45, 2.75) is 6.92 Å². The molecule has 0 saturated carbocycles. The van der Waals surface area contributed by atoms with E-state index in [1.165, 1.54) is 12.1 Å². The Morgan fingerprint density at radius 1 is 1.56 bits per heavy atom. The van der Waals surface area contributed by atoms with Gasteiger partial charge in [-0.3, -0.25) is 10.1 Å². The van der Waals surface area contributed by atoms with Gasteiger partial charge in [-0.15, -0.1) is 0 Å². The van der Waals surface area contributed by atoms with Crippen LogP contribution in [0.25, 0.3) is 0 Å². The van der Waals surface area contributed by atoms with E-state index in [1.807, 2.05) is 0 Å². The number of nitro benzene ring substituents is 1. The first kappa shape index (κ1) is 11.7. The number of esters is 1. The van der Waals surface area contributed by atoms with Gasteiger partial charge in [-0.1, -0.05) is 0 Å². The topological polar surface area (TPSA) is 93.2 Å². The number of methoxy groups -OCH3 is 1. The van der Waals surface area contributed by atoms with Crippen LogP contribution in [0.1, 0.15) is 21.5 Å². The first-order chi connectivity index (χ1) is 7.51. The molecule has 82 valence electrons. The Hall–Kier alpha value is -2.42. The summed E-state index contributed by atoms with van der Waals surface area (Å²) in [4.78, 5) is 21.3. The van der Waals surface area contributed by atoms with Gasteiger partial charge in [0.2, 0.25) is 0 Å². The number of aryl methyl sites for hydroxylation is 1. The number of carbonyl (C=O) groups is 1. The van der Waals surface area contributed by atoms with E-state index in [2.05, 4.69) is 4.74 Å². The number of hydrogen-bond acceptors (Lipinski definition) is 5. The van der Waals surface area contributed by atoms with E-state index in [9.17, 15) is 14.9 Å². The Kier molecular flexibility index (Phi) is 3.20. The van der Waals surface area contributed by atoms with Gasteiger partial charge in [-0.2, -0.15) is 5.26 Å². The standard InChI is InChI=1S/C10H8N2O4/c1-6-3-7(5-11)9(12(14)15)8(4-6)10(13)16-2/h3-4H,1-2H3. The van der Waals surface area contributed by atoms with Crippen molar-refractivity contribution in [1.82, 2.24) is 0 Å². The second-order valence-electron chi connectivity index (χ2n) is 3.07. The zero-order chi connectivity index (χ0) is 12.3. The average Bonchev–Trinajstić information content (AvgIpc) is 2.26. The molecule has 0 atom stereocenters. The summed E-state index contributed by atoms with van der Waals surface area (Å²) < 4.78 is 4.43. The highest BCUT2D eigenvalue weighted by molar-refractivity contribution is 5.95. The molecule has 0 aliphatic rings. The number of ether oxygens (including phenoxy) is 1. The number of rotatable bonds is 2. The summed E-state index contributed by atoms with van der Waals surface area (Å²) in [5.74, 6) is -0.827. The lowest BCUT2D eigenvalue weighted by Crippen LogP contribution is -2.07. The third kappa shape index (κ3) is 1.98. The third-order valence-corrected chi connectivity index (χ3v) is 1.96. The summed E-state index contributed by atoms with van der Waals surface area (Å²) in [6.07, 6.45) is 0. The molecule has 0 saturated heterocycles. The smallest absolute Gasteiger partial charge is 0.344 e. The Balaban J connectivity index is 3.58. The molecule has 6 nitrogen and oxygen atoms in total. The maximum Gasteiger partial charge on any atom is 0.344 e. The quantitative estimate of drug-likeness (QED) is 0.428. The predicted molar refractivity (Wildman–Crippen MR) is 53.9 cm³/mol. The first-order valence-corrected chi connectivity index (χ1v) is 4.28. The number of nitrogens with zero attached hydrogens (tertiary/aromatic N) is 2. The van der Waals surface area contributed by atoms with Crippen molar-refractivity contribution >= 4 is 11.7 Å². The molecule has 0 fully saturated rings. The molecule has 0 aromatic heterocycles. The summed E-state index contributed by atoms with van der Waals surface area (Å²) in [6.45, 7) is 1.64. The first-order valence-electron chi connectivity index (χ1n) is 4.28. The second kappa shape index (κ2) is 4.40. The van der Waals surface area contributed by atoms with Crippen molar-refractivity contribution in [2.75, 3.05) is 7.11 Å². The Bertz CT molecular complexity index is 502. The fourth-order valence-corrected chi connectivity index (χ4v) is 1.33. The van der Waals surface area contributed by atoms with Gasteiger partial charge in [-0.05, 0) is 24.6 Å². The fraction of sp³-hybridized carbons (Fsp3) is 0.200. The fourth-order valence-electron chi connectivity index (χ4n) is 1.33. The van der Waals surface area contributed by atoms with Crippen LogP contribution in [0, 0.1) is 28.4 Å². The molecule has 6 heteroatoms. The lowest BCUT2D eigenvalue weighted by molar-refractivity contribution is -0.385. The summed E-state index contributed by atoms with van der Waals surface area (Å²) in [6, 6.07) is 4.36. The van der Waals surface area contributed by atoms with Crippen LogP contribution >= 0.6 is 0 Å². The summed E-state index contributed by atoms with van der Waals surface area (Å²) in [7, 11) is 1.13. The molecule has 1 aromatic carbocycles. The molecule has 0 amide bonds. The molecular weight excluding hydrogens is 212 g/mol. The summed E-state index contributed by atoms with van der Waals surface area (Å²) >= 11 is 0. The van der Waals surface area contributed by atoms with E-state index in [4.69, 9.17) is 5.26 Å². The third-order valence-electron chi connectivity index (χ3n) is 1.96. The number of nitro groups is 1. The second-order valence-corrected chi connectivity index (χ2v) is 3.07. The van der Waals surface area contributed by atoms with Crippen LogP contribution in [0.4, 0.5) is 5.69 Å². The van der Waals surface area contributed by atoms with Gasteiger partial charge in [0.05, 0.1) is 12.0 Å². The van der Waals surface area contributed by atoms with Gasteiger partial charge in [0, 0.05) is 0 Å². The van der Waals surface area contributed by atoms with E-state index in [0.29, 0.717) is 5.56 Å². The van der Waals surface area contributed by atoms with Crippen LogP contribution < -0.4 is 0 Å². The SMILES string of the molecule is COC(=O)c1cc(C)cc(C#N)c1[N+](=O)[O-]. The minimum Gasteiger partial charge on any atom is -0.465 e. The zero-order valence-electron chi connectivity index (χ0n) is 8.68. The Morgan fingerprint density at radius 2 is 2.19 bits per heavy atom. The van der Waals surface area contributed by atoms with Gasteiger partial charge in [0.1, 0.15) is 17.2 Å². The lowest BCUT2D eigenvalue weighted by atomic mass is 10.0. The van der Waals surface area contributed by atoms with Gasteiger partial charge in [0.25, 0.3) is 0 Å². The molecule has 1 aromatic rings. The molecule has 0 spiro atoms. The van der Waals surface area contributed by atoms with E-state index in [1.54, 1.807) is 13.0 Å². The molecule has 0 bridgehead atoms. The highest BCUT2D eigenvalue weighted by Gasteiger charge is 2.25. The Morgan fingerprint density at radius 3 is 2.62 bits per heavy atom. The minimum absolute atomic E-state index is 0.148. The van der Waals surface area contributed by atoms with Crippen molar-refractivity contribution < 1.29 is 14.5 Å². The highest BCUT2D eigenvalue weighted by atomic mass is 16.6. The molecule has 0 radical (unpaired) electrons. The number of hydrogen-bond donors (Lipinski definition) is 0. The van der Waals surface area contributed by atoms with Gasteiger partial charge < -0.3 is 4.74 Å². The van der Waals surface area contributed by atoms with Crippen molar-refractivity contribution in [3.63, 3.8) is 0 Å². The van der Waals surface area contributed by atoms with E-state index >= 15 is 0 Å². The normalized spacial score (nSPS) is 9.31. The van der Waals surface area contributed by atoms with Crippen LogP contribution in [-0.2, 0) is 4.74 Å². The summed E-state index contributed by atoms with van der Waals surface area (Å²) in [5, 5.41) is 19.5. The molecule has 0 unspecified atom stereocenters. The molecular formula is C10H8N2O4. The van der Waals surface area contributed by atoms with Crippen LogP contribution in [0.15, 0.2) is 12.1 Å². The van der Waals surface area contributed by atoms with Crippen molar-refractivity contribution in [3.05, 3.63) is 38.9 Å². The minimum atomic E-state index is -0.827. The molecule has 16 heavy (non-hydrogen) atoms. The Labute approximate surface area is 91.2 Å². The number of benzene rings is 1. The van der Waals surface area contributed by atoms with Gasteiger partial charge in [0.15, 0.2) is 0 Å². The molecule has 0 heterocycles.